The highest BCUT2D eigenvalue weighted by atomic mass is 35.5. The van der Waals surface area contributed by atoms with Crippen molar-refractivity contribution in [3.63, 3.8) is 0 Å². The molecule has 1 aromatic heterocycles. The maximum absolute atomic E-state index is 12.0. The summed E-state index contributed by atoms with van der Waals surface area (Å²) < 4.78 is 1.81. The van der Waals surface area contributed by atoms with E-state index in [1.54, 1.807) is 0 Å². The van der Waals surface area contributed by atoms with E-state index in [0.717, 1.165) is 29.8 Å². The fraction of sp³-hybridized carbons (Fsp3) is 0.714. The third-order valence-corrected chi connectivity index (χ3v) is 4.04. The first kappa shape index (κ1) is 22.5. The standard InChI is InChI=1S/C14H26N4O.2ClH/c1-6-14(15,7-2)9-16-13(19)8-12-10(3)17-18(5)11(12)4;;/h6-9,15H2,1-5H3,(H,16,19);2*1H. The van der Waals surface area contributed by atoms with Crippen LogP contribution in [0.3, 0.4) is 0 Å². The highest BCUT2D eigenvalue weighted by Crippen LogP contribution is 2.13. The predicted molar refractivity (Wildman–Crippen MR) is 91.4 cm³/mol. The van der Waals surface area contributed by atoms with Gasteiger partial charge in [-0.25, -0.2) is 0 Å². The zero-order valence-electron chi connectivity index (χ0n) is 13.5. The molecule has 0 atom stereocenters. The van der Waals surface area contributed by atoms with Crippen molar-refractivity contribution >= 4 is 30.7 Å². The smallest absolute Gasteiger partial charge is 0.224 e. The number of carbonyl (C=O) groups is 1. The Kier molecular flexibility index (Phi) is 9.94. The Hall–Kier alpha value is -0.780. The Morgan fingerprint density at radius 1 is 1.29 bits per heavy atom. The Balaban J connectivity index is 0. The summed E-state index contributed by atoms with van der Waals surface area (Å²) in [5.74, 6) is 0.0101. The van der Waals surface area contributed by atoms with Crippen LogP contribution in [-0.2, 0) is 18.3 Å². The Morgan fingerprint density at radius 3 is 2.19 bits per heavy atom. The number of aromatic nitrogens is 2. The highest BCUT2D eigenvalue weighted by Gasteiger charge is 2.21. The van der Waals surface area contributed by atoms with E-state index < -0.39 is 0 Å². The van der Waals surface area contributed by atoms with Crippen LogP contribution in [0.2, 0.25) is 0 Å². The molecule has 3 N–H and O–H groups in total. The number of amides is 1. The van der Waals surface area contributed by atoms with E-state index in [-0.39, 0.29) is 36.3 Å². The van der Waals surface area contributed by atoms with Crippen LogP contribution >= 0.6 is 24.8 Å². The van der Waals surface area contributed by atoms with Gasteiger partial charge in [-0.2, -0.15) is 5.10 Å². The second kappa shape index (κ2) is 9.28. The molecule has 21 heavy (non-hydrogen) atoms. The van der Waals surface area contributed by atoms with E-state index in [1.807, 2.05) is 39.4 Å². The molecule has 0 bridgehead atoms. The molecule has 1 amide bonds. The third-order valence-electron chi connectivity index (χ3n) is 4.04. The van der Waals surface area contributed by atoms with Crippen LogP contribution in [0.1, 0.15) is 43.6 Å². The summed E-state index contributed by atoms with van der Waals surface area (Å²) in [6.07, 6.45) is 2.08. The van der Waals surface area contributed by atoms with Crippen molar-refractivity contribution in [2.75, 3.05) is 6.54 Å². The van der Waals surface area contributed by atoms with E-state index in [9.17, 15) is 4.79 Å². The lowest BCUT2D eigenvalue weighted by molar-refractivity contribution is -0.120. The zero-order chi connectivity index (χ0) is 14.6. The van der Waals surface area contributed by atoms with E-state index in [2.05, 4.69) is 10.4 Å². The van der Waals surface area contributed by atoms with Gasteiger partial charge in [0.1, 0.15) is 0 Å². The summed E-state index contributed by atoms with van der Waals surface area (Å²) in [6.45, 7) is 8.53. The van der Waals surface area contributed by atoms with Crippen LogP contribution in [0.15, 0.2) is 0 Å². The molecule has 5 nitrogen and oxygen atoms in total. The van der Waals surface area contributed by atoms with Gasteiger partial charge < -0.3 is 11.1 Å². The third kappa shape index (κ3) is 5.85. The van der Waals surface area contributed by atoms with Gasteiger partial charge in [0, 0.05) is 30.4 Å². The summed E-state index contributed by atoms with van der Waals surface area (Å²) in [5.41, 5.74) is 8.84. The van der Waals surface area contributed by atoms with Crippen LogP contribution < -0.4 is 11.1 Å². The summed E-state index contributed by atoms with van der Waals surface area (Å²) in [6, 6.07) is 0. The molecule has 0 saturated heterocycles. The van der Waals surface area contributed by atoms with Crippen LogP contribution in [0.4, 0.5) is 0 Å². The van der Waals surface area contributed by atoms with Gasteiger partial charge in [0.05, 0.1) is 12.1 Å². The van der Waals surface area contributed by atoms with Crippen LogP contribution in [-0.4, -0.2) is 27.8 Å². The van der Waals surface area contributed by atoms with E-state index in [4.69, 9.17) is 5.73 Å². The number of aryl methyl sites for hydroxylation is 2. The fourth-order valence-corrected chi connectivity index (χ4v) is 2.07. The number of rotatable bonds is 6. The Bertz CT molecular complexity index is 456. The van der Waals surface area contributed by atoms with Crippen molar-refractivity contribution in [1.29, 1.82) is 0 Å². The molecule has 1 heterocycles. The zero-order valence-corrected chi connectivity index (χ0v) is 15.2. The average Bonchev–Trinajstić information content (AvgIpc) is 2.63. The van der Waals surface area contributed by atoms with Gasteiger partial charge in [-0.1, -0.05) is 13.8 Å². The number of nitrogens with two attached hydrogens (primary N) is 1. The molecule has 0 aliphatic carbocycles. The molecule has 0 aliphatic heterocycles. The van der Waals surface area contributed by atoms with E-state index >= 15 is 0 Å². The minimum Gasteiger partial charge on any atom is -0.354 e. The molecule has 0 saturated carbocycles. The summed E-state index contributed by atoms with van der Waals surface area (Å²) >= 11 is 0. The first-order chi connectivity index (χ1) is 8.83. The van der Waals surface area contributed by atoms with Crippen LogP contribution in [0.25, 0.3) is 0 Å². The topological polar surface area (TPSA) is 72.9 Å². The molecular weight excluding hydrogens is 311 g/mol. The van der Waals surface area contributed by atoms with Crippen molar-refractivity contribution in [2.24, 2.45) is 12.8 Å². The van der Waals surface area contributed by atoms with Crippen LogP contribution in [0, 0.1) is 13.8 Å². The van der Waals surface area contributed by atoms with Crippen molar-refractivity contribution in [1.82, 2.24) is 15.1 Å². The normalized spacial score (nSPS) is 10.6. The van der Waals surface area contributed by atoms with Gasteiger partial charge in [-0.05, 0) is 26.7 Å². The molecule has 0 fully saturated rings. The van der Waals surface area contributed by atoms with E-state index in [1.165, 1.54) is 0 Å². The predicted octanol–water partition coefficient (Wildman–Crippen LogP) is 2.06. The molecule has 0 aromatic carbocycles. The summed E-state index contributed by atoms with van der Waals surface area (Å²) in [4.78, 5) is 12.0. The number of nitrogens with one attached hydrogen (secondary N) is 1. The lowest BCUT2D eigenvalue weighted by Crippen LogP contribution is -2.49. The summed E-state index contributed by atoms with van der Waals surface area (Å²) in [7, 11) is 1.89. The first-order valence-electron chi connectivity index (χ1n) is 6.87. The molecule has 0 spiro atoms. The second-order valence-corrected chi connectivity index (χ2v) is 5.30. The van der Waals surface area contributed by atoms with Gasteiger partial charge >= 0.3 is 0 Å². The van der Waals surface area contributed by atoms with Gasteiger partial charge in [0.25, 0.3) is 0 Å². The molecular formula is C14H28Cl2N4O. The largest absolute Gasteiger partial charge is 0.354 e. The lowest BCUT2D eigenvalue weighted by Gasteiger charge is -2.26. The number of carbonyl (C=O) groups excluding carboxylic acids is 1. The Labute approximate surface area is 139 Å². The van der Waals surface area contributed by atoms with Crippen molar-refractivity contribution < 1.29 is 4.79 Å². The van der Waals surface area contributed by atoms with Gasteiger partial charge in [-0.15, -0.1) is 24.8 Å². The van der Waals surface area contributed by atoms with E-state index in [0.29, 0.717) is 13.0 Å². The van der Waals surface area contributed by atoms with Crippen molar-refractivity contribution in [3.8, 4) is 0 Å². The Morgan fingerprint density at radius 2 is 1.81 bits per heavy atom. The molecule has 0 radical (unpaired) electrons. The lowest BCUT2D eigenvalue weighted by atomic mass is 9.94. The average molecular weight is 339 g/mol. The second-order valence-electron chi connectivity index (χ2n) is 5.30. The van der Waals surface area contributed by atoms with Gasteiger partial charge in [0.15, 0.2) is 0 Å². The first-order valence-corrected chi connectivity index (χ1v) is 6.87. The number of hydrogen-bond donors (Lipinski definition) is 2. The molecule has 0 unspecified atom stereocenters. The fourth-order valence-electron chi connectivity index (χ4n) is 2.07. The maximum Gasteiger partial charge on any atom is 0.224 e. The molecule has 124 valence electrons. The molecule has 1 aromatic rings. The minimum atomic E-state index is -0.297. The quantitative estimate of drug-likeness (QED) is 0.833. The number of halogens is 2. The molecule has 0 aliphatic rings. The minimum absolute atomic E-state index is 0. The maximum atomic E-state index is 12.0. The number of hydrogen-bond acceptors (Lipinski definition) is 3. The highest BCUT2D eigenvalue weighted by molar-refractivity contribution is 5.85. The van der Waals surface area contributed by atoms with Crippen molar-refractivity contribution in [2.45, 2.75) is 52.5 Å². The van der Waals surface area contributed by atoms with Gasteiger partial charge in [0.2, 0.25) is 5.91 Å². The SMILES string of the molecule is CCC(N)(CC)CNC(=O)Cc1c(C)nn(C)c1C.Cl.Cl. The number of nitrogens with zero attached hydrogens (tertiary/aromatic N) is 2. The summed E-state index contributed by atoms with van der Waals surface area (Å²) in [5, 5.41) is 7.25. The van der Waals surface area contributed by atoms with Crippen LogP contribution in [0.5, 0.6) is 0 Å². The van der Waals surface area contributed by atoms with Gasteiger partial charge in [-0.3, -0.25) is 9.48 Å². The molecule has 7 heteroatoms. The molecule has 1 rings (SSSR count). The van der Waals surface area contributed by atoms with Crippen molar-refractivity contribution in [3.05, 3.63) is 17.0 Å². The monoisotopic (exact) mass is 338 g/mol.